The lowest BCUT2D eigenvalue weighted by Crippen LogP contribution is -2.15. The first-order valence-corrected chi connectivity index (χ1v) is 8.55. The minimum Gasteiger partial charge on any atom is -0.264 e. The van der Waals surface area contributed by atoms with Gasteiger partial charge in [-0.05, 0) is 42.8 Å². The molecule has 1 aromatic carbocycles. The third-order valence-electron chi connectivity index (χ3n) is 4.30. The van der Waals surface area contributed by atoms with Gasteiger partial charge in [0.15, 0.2) is 5.69 Å². The number of hydrogen-bond donors (Lipinski definition) is 0. The predicted molar refractivity (Wildman–Crippen MR) is 96.1 cm³/mol. The first-order valence-electron chi connectivity index (χ1n) is 8.55. The molecule has 0 saturated carbocycles. The van der Waals surface area contributed by atoms with E-state index in [1.165, 1.54) is 6.20 Å². The molecule has 4 aromatic rings. The molecule has 0 saturated heterocycles. The summed E-state index contributed by atoms with van der Waals surface area (Å²) in [5.74, 6) is 0. The number of alkyl halides is 3. The first kappa shape index (κ1) is 17.9. The Balaban J connectivity index is 1.66. The third-order valence-corrected chi connectivity index (χ3v) is 4.30. The summed E-state index contributed by atoms with van der Waals surface area (Å²) in [7, 11) is 0. The van der Waals surface area contributed by atoms with Crippen LogP contribution >= 0.6 is 0 Å². The van der Waals surface area contributed by atoms with E-state index in [9.17, 15) is 13.2 Å². The van der Waals surface area contributed by atoms with Crippen LogP contribution in [0, 0.1) is 0 Å². The highest BCUT2D eigenvalue weighted by atomic mass is 19.4. The van der Waals surface area contributed by atoms with Gasteiger partial charge >= 0.3 is 6.18 Å². The Bertz CT molecular complexity index is 1080. The van der Waals surface area contributed by atoms with Gasteiger partial charge in [0, 0.05) is 23.5 Å². The molecule has 3 heterocycles. The van der Waals surface area contributed by atoms with Crippen LogP contribution in [0.3, 0.4) is 0 Å². The fraction of sp³-hybridized carbons (Fsp3) is 0.158. The molecule has 3 aromatic heterocycles. The van der Waals surface area contributed by atoms with Crippen molar-refractivity contribution in [3.05, 3.63) is 72.4 Å². The van der Waals surface area contributed by atoms with Gasteiger partial charge in [-0.3, -0.25) is 4.98 Å². The smallest absolute Gasteiger partial charge is 0.264 e. The Kier molecular flexibility index (Phi) is 4.42. The summed E-state index contributed by atoms with van der Waals surface area (Å²) in [6.07, 6.45) is 2.11. The maximum atomic E-state index is 13.4. The standard InChI is InChI=1S/C19H15F3N6/c1-2-13-11-24-28(18(13)19(20,21)22)16-7-5-15(6-8-16)27-12-17(25-26-27)14-4-3-9-23-10-14/h3-12H,2H2,1H3. The maximum absolute atomic E-state index is 13.4. The fourth-order valence-electron chi connectivity index (χ4n) is 2.92. The molecule has 0 fully saturated rings. The van der Waals surface area contributed by atoms with Crippen LogP contribution in [0.4, 0.5) is 13.2 Å². The number of hydrogen-bond acceptors (Lipinski definition) is 4. The molecule has 0 radical (unpaired) electrons. The van der Waals surface area contributed by atoms with Crippen molar-refractivity contribution < 1.29 is 13.2 Å². The fourth-order valence-corrected chi connectivity index (χ4v) is 2.92. The molecule has 0 amide bonds. The van der Waals surface area contributed by atoms with E-state index in [0.717, 1.165) is 10.2 Å². The number of aromatic nitrogens is 6. The molecule has 0 N–H and O–H groups in total. The molecule has 0 bridgehead atoms. The van der Waals surface area contributed by atoms with Gasteiger partial charge in [0.2, 0.25) is 0 Å². The van der Waals surface area contributed by atoms with Crippen molar-refractivity contribution in [1.82, 2.24) is 29.8 Å². The maximum Gasteiger partial charge on any atom is 0.433 e. The molecular weight excluding hydrogens is 369 g/mol. The van der Waals surface area contributed by atoms with Crippen LogP contribution in [-0.4, -0.2) is 29.8 Å². The summed E-state index contributed by atoms with van der Waals surface area (Å²) < 4.78 is 42.8. The van der Waals surface area contributed by atoms with Crippen molar-refractivity contribution in [1.29, 1.82) is 0 Å². The largest absolute Gasteiger partial charge is 0.433 e. The lowest BCUT2D eigenvalue weighted by Gasteiger charge is -2.12. The topological polar surface area (TPSA) is 61.4 Å². The van der Waals surface area contributed by atoms with Gasteiger partial charge in [-0.15, -0.1) is 5.10 Å². The van der Waals surface area contributed by atoms with Crippen LogP contribution in [-0.2, 0) is 12.6 Å². The lowest BCUT2D eigenvalue weighted by atomic mass is 10.2. The van der Waals surface area contributed by atoms with Crippen molar-refractivity contribution in [2.24, 2.45) is 0 Å². The molecule has 9 heteroatoms. The summed E-state index contributed by atoms with van der Waals surface area (Å²) in [5, 5.41) is 12.1. The van der Waals surface area contributed by atoms with Crippen molar-refractivity contribution in [3.8, 4) is 22.6 Å². The third kappa shape index (κ3) is 3.26. The van der Waals surface area contributed by atoms with Crippen molar-refractivity contribution in [3.63, 3.8) is 0 Å². The number of halogens is 3. The van der Waals surface area contributed by atoms with Crippen LogP contribution < -0.4 is 0 Å². The lowest BCUT2D eigenvalue weighted by molar-refractivity contribution is -0.143. The zero-order chi connectivity index (χ0) is 19.7. The van der Waals surface area contributed by atoms with E-state index in [2.05, 4.69) is 20.4 Å². The van der Waals surface area contributed by atoms with Crippen molar-refractivity contribution in [2.45, 2.75) is 19.5 Å². The van der Waals surface area contributed by atoms with E-state index in [1.807, 2.05) is 6.07 Å². The summed E-state index contributed by atoms with van der Waals surface area (Å²) in [6.45, 7) is 1.67. The number of aryl methyl sites for hydroxylation is 1. The average Bonchev–Trinajstić information content (AvgIpc) is 3.36. The molecule has 0 aliphatic carbocycles. The van der Waals surface area contributed by atoms with Crippen LogP contribution in [0.1, 0.15) is 18.2 Å². The molecule has 4 rings (SSSR count). The number of rotatable bonds is 4. The minimum atomic E-state index is -4.48. The van der Waals surface area contributed by atoms with Gasteiger partial charge < -0.3 is 0 Å². The van der Waals surface area contributed by atoms with Crippen molar-refractivity contribution >= 4 is 0 Å². The molecule has 0 spiro atoms. The molecule has 142 valence electrons. The Morgan fingerprint density at radius 3 is 2.39 bits per heavy atom. The number of nitrogens with zero attached hydrogens (tertiary/aromatic N) is 6. The average molecular weight is 384 g/mol. The zero-order valence-corrected chi connectivity index (χ0v) is 14.8. The minimum absolute atomic E-state index is 0.161. The summed E-state index contributed by atoms with van der Waals surface area (Å²) in [6, 6.07) is 10.2. The van der Waals surface area contributed by atoms with E-state index in [1.54, 1.807) is 60.5 Å². The predicted octanol–water partition coefficient (Wildman–Crippen LogP) is 4.10. The van der Waals surface area contributed by atoms with Gasteiger partial charge in [0.25, 0.3) is 0 Å². The molecule has 0 aliphatic rings. The number of benzene rings is 1. The van der Waals surface area contributed by atoms with E-state index < -0.39 is 11.9 Å². The van der Waals surface area contributed by atoms with Crippen LogP contribution in [0.15, 0.2) is 61.2 Å². The van der Waals surface area contributed by atoms with E-state index in [-0.39, 0.29) is 12.0 Å². The van der Waals surface area contributed by atoms with Gasteiger partial charge in [-0.1, -0.05) is 12.1 Å². The van der Waals surface area contributed by atoms with Gasteiger partial charge in [-0.25, -0.2) is 9.36 Å². The van der Waals surface area contributed by atoms with Crippen LogP contribution in [0.25, 0.3) is 22.6 Å². The first-order chi connectivity index (χ1) is 13.5. The second-order valence-electron chi connectivity index (χ2n) is 6.09. The van der Waals surface area contributed by atoms with Gasteiger partial charge in [-0.2, -0.15) is 18.3 Å². The van der Waals surface area contributed by atoms with Gasteiger partial charge in [0.05, 0.1) is 23.8 Å². The normalized spacial score (nSPS) is 11.7. The van der Waals surface area contributed by atoms with Gasteiger partial charge in [0.1, 0.15) is 5.69 Å². The highest BCUT2D eigenvalue weighted by molar-refractivity contribution is 5.56. The monoisotopic (exact) mass is 384 g/mol. The second kappa shape index (κ2) is 6.91. The Morgan fingerprint density at radius 1 is 1.00 bits per heavy atom. The number of pyridine rings is 1. The molecule has 28 heavy (non-hydrogen) atoms. The molecule has 0 unspecified atom stereocenters. The summed E-state index contributed by atoms with van der Waals surface area (Å²) in [4.78, 5) is 4.05. The van der Waals surface area contributed by atoms with Crippen LogP contribution in [0.5, 0.6) is 0 Å². The molecule has 0 aliphatic heterocycles. The second-order valence-corrected chi connectivity index (χ2v) is 6.09. The summed E-state index contributed by atoms with van der Waals surface area (Å²) in [5.41, 5.74) is 1.88. The van der Waals surface area contributed by atoms with E-state index in [4.69, 9.17) is 0 Å². The van der Waals surface area contributed by atoms with Crippen molar-refractivity contribution in [2.75, 3.05) is 0 Å². The SMILES string of the molecule is CCc1cnn(-c2ccc(-n3cc(-c4cccnc4)nn3)cc2)c1C(F)(F)F. The molecule has 6 nitrogen and oxygen atoms in total. The molecule has 0 atom stereocenters. The highest BCUT2D eigenvalue weighted by Crippen LogP contribution is 2.34. The van der Waals surface area contributed by atoms with Crippen LogP contribution in [0.2, 0.25) is 0 Å². The highest BCUT2D eigenvalue weighted by Gasteiger charge is 2.38. The Labute approximate surface area is 158 Å². The Morgan fingerprint density at radius 2 is 1.75 bits per heavy atom. The summed E-state index contributed by atoms with van der Waals surface area (Å²) >= 11 is 0. The zero-order valence-electron chi connectivity index (χ0n) is 14.8. The quantitative estimate of drug-likeness (QED) is 0.532. The van der Waals surface area contributed by atoms with E-state index in [0.29, 0.717) is 17.1 Å². The molecular formula is C19H15F3N6. The Hall–Kier alpha value is -3.49. The van der Waals surface area contributed by atoms with E-state index >= 15 is 0 Å².